The maximum atomic E-state index is 6.37. The van der Waals surface area contributed by atoms with Crippen LogP contribution in [0.15, 0.2) is 36.4 Å². The van der Waals surface area contributed by atoms with Crippen molar-refractivity contribution < 1.29 is 4.74 Å². The highest BCUT2D eigenvalue weighted by Crippen LogP contribution is 2.36. The van der Waals surface area contributed by atoms with Gasteiger partial charge in [-0.1, -0.05) is 47.0 Å². The van der Waals surface area contributed by atoms with Crippen molar-refractivity contribution >= 4 is 23.2 Å². The van der Waals surface area contributed by atoms with E-state index in [1.165, 1.54) is 0 Å². The molecule has 1 unspecified atom stereocenters. The van der Waals surface area contributed by atoms with Gasteiger partial charge in [-0.15, -0.1) is 0 Å². The van der Waals surface area contributed by atoms with Crippen LogP contribution in [0.2, 0.25) is 10.0 Å². The Morgan fingerprint density at radius 2 is 1.80 bits per heavy atom. The second-order valence-electron chi connectivity index (χ2n) is 4.59. The minimum absolute atomic E-state index is 0.419. The van der Waals surface area contributed by atoms with E-state index in [1.807, 2.05) is 32.0 Å². The first-order chi connectivity index (χ1) is 9.54. The first-order valence-corrected chi connectivity index (χ1v) is 7.23. The molecule has 0 spiro atoms. The monoisotopic (exact) mass is 309 g/mol. The molecule has 0 fully saturated rings. The van der Waals surface area contributed by atoms with E-state index in [2.05, 4.69) is 0 Å². The van der Waals surface area contributed by atoms with Gasteiger partial charge >= 0.3 is 0 Å². The van der Waals surface area contributed by atoms with Gasteiger partial charge in [0.25, 0.3) is 0 Å². The van der Waals surface area contributed by atoms with Gasteiger partial charge in [0.2, 0.25) is 0 Å². The Balaban J connectivity index is 2.52. The fourth-order valence-corrected chi connectivity index (χ4v) is 2.79. The molecule has 0 saturated carbocycles. The number of benzene rings is 2. The Bertz CT molecular complexity index is 593. The molecule has 1 atom stereocenters. The Labute approximate surface area is 129 Å². The number of hydrogen-bond donors (Lipinski definition) is 1. The maximum Gasteiger partial charge on any atom is 0.124 e. The molecule has 0 aliphatic carbocycles. The summed E-state index contributed by atoms with van der Waals surface area (Å²) in [7, 11) is 0. The third-order valence-corrected chi connectivity index (χ3v) is 3.77. The second kappa shape index (κ2) is 6.49. The molecule has 0 radical (unpaired) electrons. The molecule has 4 heteroatoms. The normalized spacial score (nSPS) is 12.2. The van der Waals surface area contributed by atoms with Gasteiger partial charge in [-0.3, -0.25) is 0 Å². The van der Waals surface area contributed by atoms with Crippen LogP contribution in [-0.2, 0) is 0 Å². The Kier molecular flexibility index (Phi) is 4.92. The molecule has 2 aromatic carbocycles. The highest BCUT2D eigenvalue weighted by Gasteiger charge is 2.19. The molecule has 20 heavy (non-hydrogen) atoms. The standard InChI is InChI=1S/C16H17Cl2NO/c1-3-20-14-8-7-10(2)9-11(14)16(19)15-12(17)5-4-6-13(15)18/h4-9,16H,3,19H2,1-2H3. The smallest absolute Gasteiger partial charge is 0.124 e. The van der Waals surface area contributed by atoms with Crippen LogP contribution in [0.5, 0.6) is 5.75 Å². The van der Waals surface area contributed by atoms with E-state index in [-0.39, 0.29) is 0 Å². The van der Waals surface area contributed by atoms with Crippen LogP contribution in [0.3, 0.4) is 0 Å². The van der Waals surface area contributed by atoms with Crippen molar-refractivity contribution in [2.45, 2.75) is 19.9 Å². The van der Waals surface area contributed by atoms with Crippen LogP contribution in [0.1, 0.15) is 29.7 Å². The topological polar surface area (TPSA) is 35.2 Å². The highest BCUT2D eigenvalue weighted by atomic mass is 35.5. The van der Waals surface area contributed by atoms with Crippen molar-refractivity contribution in [3.8, 4) is 5.75 Å². The summed E-state index contributed by atoms with van der Waals surface area (Å²) in [5.74, 6) is 0.765. The predicted octanol–water partition coefficient (Wildman–Crippen LogP) is 4.75. The Morgan fingerprint density at radius 1 is 1.15 bits per heavy atom. The molecular formula is C16H17Cl2NO. The van der Waals surface area contributed by atoms with Crippen molar-refractivity contribution in [1.82, 2.24) is 0 Å². The van der Waals surface area contributed by atoms with Crippen LogP contribution in [-0.4, -0.2) is 6.61 Å². The zero-order valence-electron chi connectivity index (χ0n) is 11.5. The number of hydrogen-bond acceptors (Lipinski definition) is 2. The zero-order valence-corrected chi connectivity index (χ0v) is 13.0. The van der Waals surface area contributed by atoms with E-state index in [9.17, 15) is 0 Å². The number of aryl methyl sites for hydroxylation is 1. The third kappa shape index (κ3) is 3.09. The average molecular weight is 310 g/mol. The second-order valence-corrected chi connectivity index (χ2v) is 5.40. The molecule has 2 N–H and O–H groups in total. The van der Waals surface area contributed by atoms with Crippen molar-refractivity contribution in [3.05, 3.63) is 63.1 Å². The first kappa shape index (κ1) is 15.2. The van der Waals surface area contributed by atoms with E-state index < -0.39 is 6.04 Å². The summed E-state index contributed by atoms with van der Waals surface area (Å²) >= 11 is 12.5. The SMILES string of the molecule is CCOc1ccc(C)cc1C(N)c1c(Cl)cccc1Cl. The van der Waals surface area contributed by atoms with Gasteiger partial charge in [0, 0.05) is 21.2 Å². The third-order valence-electron chi connectivity index (χ3n) is 3.11. The molecule has 2 aromatic rings. The average Bonchev–Trinajstić information content (AvgIpc) is 2.40. The summed E-state index contributed by atoms with van der Waals surface area (Å²) in [5, 5.41) is 1.13. The van der Waals surface area contributed by atoms with Crippen molar-refractivity contribution in [3.63, 3.8) is 0 Å². The molecule has 2 nitrogen and oxygen atoms in total. The molecule has 0 heterocycles. The van der Waals surface area contributed by atoms with E-state index in [1.54, 1.807) is 18.2 Å². The van der Waals surface area contributed by atoms with Crippen LogP contribution in [0.4, 0.5) is 0 Å². The van der Waals surface area contributed by atoms with E-state index >= 15 is 0 Å². The molecule has 0 aliphatic heterocycles. The molecule has 106 valence electrons. The van der Waals surface area contributed by atoms with Crippen LogP contribution < -0.4 is 10.5 Å². The fraction of sp³-hybridized carbons (Fsp3) is 0.250. The van der Waals surface area contributed by atoms with Crippen molar-refractivity contribution in [1.29, 1.82) is 0 Å². The number of halogens is 2. The lowest BCUT2D eigenvalue weighted by Gasteiger charge is -2.19. The molecule has 0 aliphatic rings. The summed E-state index contributed by atoms with van der Waals surface area (Å²) in [6.07, 6.45) is 0. The molecular weight excluding hydrogens is 293 g/mol. The first-order valence-electron chi connectivity index (χ1n) is 6.47. The lowest BCUT2D eigenvalue weighted by Crippen LogP contribution is -2.15. The number of rotatable bonds is 4. The van der Waals surface area contributed by atoms with Gasteiger partial charge < -0.3 is 10.5 Å². The quantitative estimate of drug-likeness (QED) is 0.884. The minimum Gasteiger partial charge on any atom is -0.494 e. The molecule has 0 aromatic heterocycles. The summed E-state index contributed by atoms with van der Waals surface area (Å²) < 4.78 is 5.65. The molecule has 0 bridgehead atoms. The van der Waals surface area contributed by atoms with Crippen LogP contribution in [0.25, 0.3) is 0 Å². The summed E-state index contributed by atoms with van der Waals surface area (Å²) in [4.78, 5) is 0. The lowest BCUT2D eigenvalue weighted by molar-refractivity contribution is 0.335. The zero-order chi connectivity index (χ0) is 14.7. The molecule has 2 rings (SSSR count). The molecule has 0 saturated heterocycles. The van der Waals surface area contributed by atoms with Crippen LogP contribution >= 0.6 is 23.2 Å². The summed E-state index contributed by atoms with van der Waals surface area (Å²) in [6, 6.07) is 10.9. The van der Waals surface area contributed by atoms with E-state index in [0.717, 1.165) is 22.4 Å². The Morgan fingerprint density at radius 3 is 2.40 bits per heavy atom. The Hall–Kier alpha value is -1.22. The number of nitrogens with two attached hydrogens (primary N) is 1. The predicted molar refractivity (Wildman–Crippen MR) is 84.8 cm³/mol. The van der Waals surface area contributed by atoms with E-state index in [4.69, 9.17) is 33.7 Å². The van der Waals surface area contributed by atoms with Crippen molar-refractivity contribution in [2.24, 2.45) is 5.73 Å². The number of ether oxygens (including phenoxy) is 1. The largest absolute Gasteiger partial charge is 0.494 e. The van der Waals surface area contributed by atoms with E-state index in [0.29, 0.717) is 16.7 Å². The lowest BCUT2D eigenvalue weighted by atomic mass is 9.97. The minimum atomic E-state index is -0.419. The maximum absolute atomic E-state index is 6.37. The van der Waals surface area contributed by atoms with Gasteiger partial charge in [0.1, 0.15) is 5.75 Å². The highest BCUT2D eigenvalue weighted by molar-refractivity contribution is 6.36. The van der Waals surface area contributed by atoms with Crippen LogP contribution in [0, 0.1) is 6.92 Å². The van der Waals surface area contributed by atoms with Gasteiger partial charge in [-0.25, -0.2) is 0 Å². The van der Waals surface area contributed by atoms with Crippen molar-refractivity contribution in [2.75, 3.05) is 6.61 Å². The van der Waals surface area contributed by atoms with Gasteiger partial charge in [-0.05, 0) is 32.0 Å². The molecule has 0 amide bonds. The van der Waals surface area contributed by atoms with Gasteiger partial charge in [0.15, 0.2) is 0 Å². The fourth-order valence-electron chi connectivity index (χ4n) is 2.16. The summed E-state index contributed by atoms with van der Waals surface area (Å²) in [5.41, 5.74) is 9.10. The summed E-state index contributed by atoms with van der Waals surface area (Å²) in [6.45, 7) is 4.54. The van der Waals surface area contributed by atoms with Gasteiger partial charge in [-0.2, -0.15) is 0 Å². The van der Waals surface area contributed by atoms with Gasteiger partial charge in [0.05, 0.1) is 12.6 Å².